The molecule has 27 heavy (non-hydrogen) atoms. The van der Waals surface area contributed by atoms with Crippen molar-refractivity contribution >= 4 is 47.6 Å². The van der Waals surface area contributed by atoms with Crippen LogP contribution >= 0.6 is 0 Å². The minimum Gasteiger partial charge on any atom is -0.547 e. The Kier molecular flexibility index (Phi) is 16.6. The predicted octanol–water partition coefficient (Wildman–Crippen LogP) is -9.62. The first-order valence-electron chi connectivity index (χ1n) is 6.60. The summed E-state index contributed by atoms with van der Waals surface area (Å²) >= 11 is 0. The quantitative estimate of drug-likeness (QED) is 0.123. The largest absolute Gasteiger partial charge is 2.00 e. The van der Waals surface area contributed by atoms with E-state index in [-0.39, 0.29) is 35.6 Å². The summed E-state index contributed by atoms with van der Waals surface area (Å²) in [4.78, 5) is 39.7. The number of aliphatic carboxylic acids is 2. The zero-order chi connectivity index (χ0) is 21.2. The third-order valence-electron chi connectivity index (χ3n) is 2.81. The van der Waals surface area contributed by atoms with Crippen LogP contribution in [-0.4, -0.2) is 137 Å². The minimum atomic E-state index is -2.36. The van der Waals surface area contributed by atoms with E-state index in [0.29, 0.717) is 0 Å². The average Bonchev–Trinajstić information content (AvgIpc) is 2.62. The molecule has 0 radical (unpaired) electrons. The molecule has 14 nitrogen and oxygen atoms in total. The minimum absolute atomic E-state index is 0. The van der Waals surface area contributed by atoms with Crippen LogP contribution in [0.2, 0.25) is 0 Å². The Bertz CT molecular complexity index is 431. The maximum absolute atomic E-state index is 9.95. The van der Waals surface area contributed by atoms with E-state index in [1.807, 2.05) is 0 Å². The number of carbonyl (C=O) groups excluding carboxylic acids is 4. The van der Waals surface area contributed by atoms with E-state index in [1.54, 1.807) is 0 Å². The van der Waals surface area contributed by atoms with Gasteiger partial charge in [-0.3, -0.25) is 0 Å². The van der Waals surface area contributed by atoms with Gasteiger partial charge < -0.3 is 70.2 Å². The summed E-state index contributed by atoms with van der Waals surface area (Å²) in [5, 5.41) is 89.7. The monoisotopic (exact) mass is 410 g/mol. The predicted molar refractivity (Wildman–Crippen MR) is 76.0 cm³/mol. The number of rotatable bonds is 10. The van der Waals surface area contributed by atoms with Crippen LogP contribution in [0.15, 0.2) is 0 Å². The Morgan fingerprint density at radius 1 is 0.593 bits per heavy atom. The van der Waals surface area contributed by atoms with Gasteiger partial charge in [-0.1, -0.05) is 0 Å². The molecule has 0 amide bonds. The molecule has 0 aliphatic rings. The molecule has 0 heterocycles. The number of aliphatic hydroxyl groups is 8. The molecule has 0 aliphatic carbocycles. The van der Waals surface area contributed by atoms with Crippen molar-refractivity contribution in [3.05, 3.63) is 0 Å². The van der Waals surface area contributed by atoms with Gasteiger partial charge in [0.05, 0.1) is 11.9 Å². The molecule has 0 aromatic heterocycles. The molecular formula is C12H18MgO14. The molecule has 8 atom stereocenters. The van der Waals surface area contributed by atoms with Crippen LogP contribution in [-0.2, 0) is 19.2 Å². The summed E-state index contributed by atoms with van der Waals surface area (Å²) in [7, 11) is 0. The molecule has 0 fully saturated rings. The smallest absolute Gasteiger partial charge is 0.547 e. The number of aliphatic hydroxyl groups excluding tert-OH is 8. The van der Waals surface area contributed by atoms with E-state index in [1.165, 1.54) is 0 Å². The van der Waals surface area contributed by atoms with Crippen molar-refractivity contribution in [1.82, 2.24) is 0 Å². The van der Waals surface area contributed by atoms with Crippen LogP contribution in [0.25, 0.3) is 0 Å². The number of carboxylic acid groups (broad SMARTS) is 2. The van der Waals surface area contributed by atoms with Gasteiger partial charge in [0.15, 0.2) is 12.6 Å². The maximum atomic E-state index is 9.95. The second-order valence-corrected chi connectivity index (χ2v) is 4.74. The van der Waals surface area contributed by atoms with Gasteiger partial charge in [0, 0.05) is 0 Å². The third-order valence-corrected chi connectivity index (χ3v) is 2.81. The summed E-state index contributed by atoms with van der Waals surface area (Å²) in [5.74, 6) is -4.02. The van der Waals surface area contributed by atoms with Crippen LogP contribution in [0.1, 0.15) is 0 Å². The molecule has 0 spiro atoms. The fraction of sp³-hybridized carbons (Fsp3) is 0.667. The topological polar surface area (TPSA) is 276 Å². The summed E-state index contributed by atoms with van der Waals surface area (Å²) in [6, 6.07) is 0. The molecule has 0 saturated carbocycles. The summed E-state index contributed by atoms with van der Waals surface area (Å²) in [6.45, 7) is 0. The summed E-state index contributed by atoms with van der Waals surface area (Å²) < 4.78 is 0. The molecule has 0 bridgehead atoms. The van der Waals surface area contributed by atoms with Crippen LogP contribution in [0.3, 0.4) is 0 Å². The molecule has 0 rings (SSSR count). The van der Waals surface area contributed by atoms with Crippen LogP contribution < -0.4 is 10.2 Å². The molecule has 152 valence electrons. The Balaban J connectivity index is -0.000000411. The average molecular weight is 411 g/mol. The van der Waals surface area contributed by atoms with Gasteiger partial charge in [-0.05, 0) is 0 Å². The zero-order valence-corrected chi connectivity index (χ0v) is 14.9. The van der Waals surface area contributed by atoms with E-state index in [0.717, 1.165) is 0 Å². The first kappa shape index (κ1) is 30.5. The van der Waals surface area contributed by atoms with Crippen molar-refractivity contribution < 1.29 is 70.2 Å². The number of carboxylic acids is 2. The first-order chi connectivity index (χ1) is 11.8. The van der Waals surface area contributed by atoms with Gasteiger partial charge in [-0.25, -0.2) is 0 Å². The molecule has 0 aromatic carbocycles. The molecular weight excluding hydrogens is 392 g/mol. The van der Waals surface area contributed by atoms with Crippen molar-refractivity contribution in [2.24, 2.45) is 0 Å². The number of aldehydes is 2. The van der Waals surface area contributed by atoms with E-state index in [4.69, 9.17) is 40.9 Å². The van der Waals surface area contributed by atoms with Crippen molar-refractivity contribution in [3.8, 4) is 0 Å². The van der Waals surface area contributed by atoms with Crippen molar-refractivity contribution in [2.45, 2.75) is 48.8 Å². The second-order valence-electron chi connectivity index (χ2n) is 4.74. The first-order valence-corrected chi connectivity index (χ1v) is 6.60. The number of hydrogen-bond donors (Lipinski definition) is 8. The van der Waals surface area contributed by atoms with E-state index >= 15 is 0 Å². The fourth-order valence-electron chi connectivity index (χ4n) is 1.22. The fourth-order valence-corrected chi connectivity index (χ4v) is 1.22. The molecule has 15 heteroatoms. The van der Waals surface area contributed by atoms with Gasteiger partial charge >= 0.3 is 23.1 Å². The molecule has 0 aliphatic heterocycles. The van der Waals surface area contributed by atoms with Crippen molar-refractivity contribution in [2.75, 3.05) is 0 Å². The molecule has 0 aromatic rings. The Morgan fingerprint density at radius 3 is 0.963 bits per heavy atom. The third kappa shape index (κ3) is 10.6. The van der Waals surface area contributed by atoms with Crippen molar-refractivity contribution in [3.63, 3.8) is 0 Å². The van der Waals surface area contributed by atoms with E-state index in [2.05, 4.69) is 0 Å². The van der Waals surface area contributed by atoms with Gasteiger partial charge in [0.25, 0.3) is 0 Å². The number of hydrogen-bond acceptors (Lipinski definition) is 14. The van der Waals surface area contributed by atoms with Crippen LogP contribution in [0.5, 0.6) is 0 Å². The van der Waals surface area contributed by atoms with Crippen LogP contribution in [0.4, 0.5) is 0 Å². The standard InChI is InChI=1S/2C6H10O7.Mg/c2*7-1-2(8)3(9)4(10)5(11)6(12)13;/h2*1-5,8-11H,(H,12,13);/q;;+2/p-2/t2*2-,3+,4-,5-;/m11./s1. The van der Waals surface area contributed by atoms with Gasteiger partial charge in [-0.2, -0.15) is 0 Å². The van der Waals surface area contributed by atoms with Gasteiger partial charge in [-0.15, -0.1) is 0 Å². The van der Waals surface area contributed by atoms with Gasteiger partial charge in [0.2, 0.25) is 0 Å². The SMILES string of the molecule is O=C[C@@H](O)[C@H](O)[C@@H](O)[C@@H](O)C(=O)[O-].O=C[C@@H](O)[C@H](O)[C@@H](O)[C@@H](O)C(=O)[O-].[Mg+2]. The van der Waals surface area contributed by atoms with Crippen molar-refractivity contribution in [1.29, 1.82) is 0 Å². The number of carbonyl (C=O) groups is 4. The summed E-state index contributed by atoms with van der Waals surface area (Å²) in [5.41, 5.74) is 0. The molecule has 0 unspecified atom stereocenters. The molecule has 8 N–H and O–H groups in total. The molecule has 0 saturated heterocycles. The normalized spacial score (nSPS) is 19.3. The zero-order valence-electron chi connectivity index (χ0n) is 13.5. The van der Waals surface area contributed by atoms with E-state index in [9.17, 15) is 29.4 Å². The Hall–Kier alpha value is -1.27. The van der Waals surface area contributed by atoms with Gasteiger partial charge in [0.1, 0.15) is 48.8 Å². The summed E-state index contributed by atoms with van der Waals surface area (Å²) in [6.07, 6.45) is -17.3. The maximum Gasteiger partial charge on any atom is 2.00 e. The van der Waals surface area contributed by atoms with Crippen LogP contribution in [0, 0.1) is 0 Å². The second kappa shape index (κ2) is 14.7. The Labute approximate surface area is 167 Å². The Morgan fingerprint density at radius 2 is 0.815 bits per heavy atom. The van der Waals surface area contributed by atoms with E-state index < -0.39 is 60.8 Å².